The van der Waals surface area contributed by atoms with Crippen LogP contribution in [0, 0.1) is 0 Å². The molecule has 148 valence electrons. The number of hydrazone groups is 1. The Morgan fingerprint density at radius 3 is 2.29 bits per heavy atom. The Kier molecular flexibility index (Phi) is 5.16. The smallest absolute Gasteiger partial charge is 0.431 e. The molecule has 2 aromatic carbocycles. The largest absolute Gasteiger partial charge is 0.497 e. The molecule has 0 bridgehead atoms. The summed E-state index contributed by atoms with van der Waals surface area (Å²) >= 11 is 0. The number of nitrogens with zero attached hydrogens (tertiary/aromatic N) is 2. The lowest BCUT2D eigenvalue weighted by atomic mass is 9.95. The van der Waals surface area contributed by atoms with Gasteiger partial charge in [-0.25, -0.2) is 0 Å². The molecule has 1 N–H and O–H groups in total. The van der Waals surface area contributed by atoms with Gasteiger partial charge in [-0.1, -0.05) is 31.2 Å². The van der Waals surface area contributed by atoms with Gasteiger partial charge >= 0.3 is 6.18 Å². The molecule has 28 heavy (non-hydrogen) atoms. The lowest BCUT2D eigenvalue weighted by Crippen LogP contribution is -2.43. The van der Waals surface area contributed by atoms with Gasteiger partial charge < -0.3 is 9.84 Å². The Bertz CT molecular complexity index is 892. The number of amides is 1. The van der Waals surface area contributed by atoms with Crippen LogP contribution >= 0.6 is 0 Å². The molecule has 0 radical (unpaired) electrons. The van der Waals surface area contributed by atoms with Crippen LogP contribution in [0.2, 0.25) is 0 Å². The lowest BCUT2D eigenvalue weighted by Gasteiger charge is -2.31. The van der Waals surface area contributed by atoms with Crippen LogP contribution in [0.4, 0.5) is 13.2 Å². The zero-order valence-corrected chi connectivity index (χ0v) is 15.3. The first-order valence-corrected chi connectivity index (χ1v) is 8.64. The van der Waals surface area contributed by atoms with Crippen molar-refractivity contribution >= 4 is 11.6 Å². The van der Waals surface area contributed by atoms with Gasteiger partial charge in [0.25, 0.3) is 5.91 Å². The molecular weight excluding hydrogens is 373 g/mol. The average Bonchev–Trinajstić information content (AvgIpc) is 3.06. The van der Waals surface area contributed by atoms with E-state index in [0.29, 0.717) is 10.8 Å². The van der Waals surface area contributed by atoms with E-state index in [1.54, 1.807) is 12.1 Å². The van der Waals surface area contributed by atoms with Gasteiger partial charge in [0.1, 0.15) is 11.5 Å². The van der Waals surface area contributed by atoms with Crippen molar-refractivity contribution in [3.63, 3.8) is 0 Å². The van der Waals surface area contributed by atoms with E-state index >= 15 is 0 Å². The van der Waals surface area contributed by atoms with Crippen molar-refractivity contribution in [3.05, 3.63) is 65.2 Å². The zero-order valence-electron chi connectivity index (χ0n) is 15.3. The van der Waals surface area contributed by atoms with Crippen LogP contribution in [0.5, 0.6) is 5.75 Å². The highest BCUT2D eigenvalue weighted by atomic mass is 19.4. The summed E-state index contributed by atoms with van der Waals surface area (Å²) in [7, 11) is 1.45. The Morgan fingerprint density at radius 2 is 1.79 bits per heavy atom. The third kappa shape index (κ3) is 3.60. The van der Waals surface area contributed by atoms with Gasteiger partial charge in [-0.15, -0.1) is 0 Å². The van der Waals surface area contributed by atoms with E-state index in [1.165, 1.54) is 43.5 Å². The molecule has 1 heterocycles. The molecule has 1 aliphatic rings. The normalized spacial score (nSPS) is 19.5. The van der Waals surface area contributed by atoms with Gasteiger partial charge in [-0.05, 0) is 36.2 Å². The average molecular weight is 392 g/mol. The minimum atomic E-state index is -4.76. The van der Waals surface area contributed by atoms with Crippen molar-refractivity contribution in [2.24, 2.45) is 5.10 Å². The molecule has 0 saturated heterocycles. The first-order chi connectivity index (χ1) is 13.2. The number of ether oxygens (including phenoxy) is 1. The van der Waals surface area contributed by atoms with Gasteiger partial charge in [0, 0.05) is 11.1 Å². The summed E-state index contributed by atoms with van der Waals surface area (Å²) in [6.45, 7) is 1.93. The number of benzene rings is 2. The number of aliphatic hydroxyl groups is 1. The van der Waals surface area contributed by atoms with Crippen LogP contribution in [-0.2, 0) is 12.1 Å². The van der Waals surface area contributed by atoms with Crippen molar-refractivity contribution in [3.8, 4) is 5.75 Å². The van der Waals surface area contributed by atoms with E-state index in [2.05, 4.69) is 5.10 Å². The van der Waals surface area contributed by atoms with E-state index in [-0.39, 0.29) is 11.1 Å². The van der Waals surface area contributed by atoms with Crippen molar-refractivity contribution in [1.29, 1.82) is 0 Å². The molecule has 5 nitrogen and oxygen atoms in total. The molecule has 0 aromatic heterocycles. The van der Waals surface area contributed by atoms with Crippen molar-refractivity contribution < 1.29 is 27.8 Å². The van der Waals surface area contributed by atoms with Crippen LogP contribution in [-0.4, -0.2) is 35.0 Å². The van der Waals surface area contributed by atoms with Crippen LogP contribution in [0.15, 0.2) is 53.6 Å². The summed E-state index contributed by atoms with van der Waals surface area (Å²) < 4.78 is 44.9. The molecule has 0 unspecified atom stereocenters. The number of hydrogen-bond acceptors (Lipinski definition) is 4. The number of halogens is 3. The molecule has 0 saturated carbocycles. The molecule has 1 atom stereocenters. The molecule has 0 aliphatic carbocycles. The molecule has 0 spiro atoms. The SMILES string of the molecule is CCc1ccc([C@@]2(O)CC(C(F)(F)F)=NN2C(=O)c2ccc(OC)cc2)cc1. The van der Waals surface area contributed by atoms with Crippen molar-refractivity contribution in [2.45, 2.75) is 31.7 Å². The minimum absolute atomic E-state index is 0.0802. The van der Waals surface area contributed by atoms with Gasteiger partial charge in [0.2, 0.25) is 0 Å². The fourth-order valence-electron chi connectivity index (χ4n) is 3.01. The number of carbonyl (C=O) groups excluding carboxylic acids is 1. The first kappa shape index (κ1) is 19.9. The molecule has 1 aliphatic heterocycles. The Balaban J connectivity index is 2.03. The maximum atomic E-state index is 13.3. The topological polar surface area (TPSA) is 62.1 Å². The number of rotatable bonds is 4. The second-order valence-corrected chi connectivity index (χ2v) is 6.43. The standard InChI is InChI=1S/C20H19F3N2O3/c1-3-13-4-8-15(9-5-13)19(27)12-17(20(21,22)23)24-25(19)18(26)14-6-10-16(28-2)11-7-14/h4-11,27H,3,12H2,1-2H3/t19-/m0/s1. The van der Waals surface area contributed by atoms with Crippen LogP contribution in [0.25, 0.3) is 0 Å². The minimum Gasteiger partial charge on any atom is -0.497 e. The van der Waals surface area contributed by atoms with E-state index in [9.17, 15) is 23.1 Å². The summed E-state index contributed by atoms with van der Waals surface area (Å²) in [6.07, 6.45) is -4.87. The monoisotopic (exact) mass is 392 g/mol. The number of carbonyl (C=O) groups is 1. The highest BCUT2D eigenvalue weighted by Gasteiger charge is 2.53. The van der Waals surface area contributed by atoms with Crippen molar-refractivity contribution in [2.75, 3.05) is 7.11 Å². The summed E-state index contributed by atoms with van der Waals surface area (Å²) in [6, 6.07) is 12.3. The van der Waals surface area contributed by atoms with Crippen LogP contribution in [0.3, 0.4) is 0 Å². The highest BCUT2D eigenvalue weighted by molar-refractivity contribution is 5.99. The van der Waals surface area contributed by atoms with E-state index in [4.69, 9.17) is 4.74 Å². The first-order valence-electron chi connectivity index (χ1n) is 8.64. The number of alkyl halides is 3. The van der Waals surface area contributed by atoms with Crippen LogP contribution in [0.1, 0.15) is 34.8 Å². The van der Waals surface area contributed by atoms with Crippen molar-refractivity contribution in [1.82, 2.24) is 5.01 Å². The fraction of sp³-hybridized carbons (Fsp3) is 0.300. The molecular formula is C20H19F3N2O3. The molecule has 2 aromatic rings. The maximum Gasteiger partial charge on any atom is 0.431 e. The Labute approximate surface area is 160 Å². The summed E-state index contributed by atoms with van der Waals surface area (Å²) in [5, 5.41) is 15.1. The third-order valence-electron chi connectivity index (χ3n) is 4.67. The van der Waals surface area contributed by atoms with Gasteiger partial charge in [0.15, 0.2) is 5.72 Å². The second kappa shape index (κ2) is 7.27. The van der Waals surface area contributed by atoms with E-state index < -0.39 is 29.9 Å². The molecule has 0 fully saturated rings. The van der Waals surface area contributed by atoms with Crippen LogP contribution < -0.4 is 4.74 Å². The maximum absolute atomic E-state index is 13.3. The zero-order chi connectivity index (χ0) is 20.5. The van der Waals surface area contributed by atoms with Gasteiger partial charge in [-0.3, -0.25) is 4.79 Å². The predicted octanol–water partition coefficient (Wildman–Crippen LogP) is 3.87. The molecule has 1 amide bonds. The molecule has 3 rings (SSSR count). The number of aryl methyl sites for hydroxylation is 1. The van der Waals surface area contributed by atoms with Gasteiger partial charge in [0.05, 0.1) is 13.5 Å². The third-order valence-corrected chi connectivity index (χ3v) is 4.67. The number of methoxy groups -OCH3 is 1. The quantitative estimate of drug-likeness (QED) is 0.859. The Morgan fingerprint density at radius 1 is 1.18 bits per heavy atom. The second-order valence-electron chi connectivity index (χ2n) is 6.43. The van der Waals surface area contributed by atoms with E-state index in [0.717, 1.165) is 12.0 Å². The predicted molar refractivity (Wildman–Crippen MR) is 97.0 cm³/mol. The summed E-state index contributed by atoms with van der Waals surface area (Å²) in [4.78, 5) is 12.9. The molecule has 8 heteroatoms. The Hall–Kier alpha value is -2.87. The van der Waals surface area contributed by atoms with E-state index in [1.807, 2.05) is 6.92 Å². The lowest BCUT2D eigenvalue weighted by molar-refractivity contribution is -0.0816. The van der Waals surface area contributed by atoms with Gasteiger partial charge in [-0.2, -0.15) is 23.3 Å². The summed E-state index contributed by atoms with van der Waals surface area (Å²) in [5.74, 6) is -0.355. The highest BCUT2D eigenvalue weighted by Crippen LogP contribution is 2.40. The number of hydrogen-bond donors (Lipinski definition) is 1. The fourth-order valence-corrected chi connectivity index (χ4v) is 3.01. The summed E-state index contributed by atoms with van der Waals surface area (Å²) in [5.41, 5.74) is -2.24.